The standard InChI is InChI=1S/C22H34N4O2S.HI/c1-6-23-22(25-14-19-15-29-21(26-19)16(2)3)24-13-18-9-8-17(4)12-20(18)28-11-7-10-27-5;/h8-9,12,15-16H,6-7,10-11,13-14H2,1-5H3,(H2,23,24,25);1H. The van der Waals surface area contributed by atoms with Gasteiger partial charge in [-0.1, -0.05) is 26.0 Å². The number of halogens is 1. The summed E-state index contributed by atoms with van der Waals surface area (Å²) in [6.45, 7) is 11.8. The van der Waals surface area contributed by atoms with Crippen LogP contribution in [0.1, 0.15) is 54.9 Å². The van der Waals surface area contributed by atoms with E-state index in [0.29, 0.717) is 32.2 Å². The Hall–Kier alpha value is -1.39. The molecule has 1 aromatic carbocycles. The smallest absolute Gasteiger partial charge is 0.191 e. The molecule has 0 aliphatic carbocycles. The van der Waals surface area contributed by atoms with Crippen LogP contribution in [0.5, 0.6) is 5.75 Å². The van der Waals surface area contributed by atoms with Gasteiger partial charge in [0.25, 0.3) is 0 Å². The first-order valence-corrected chi connectivity index (χ1v) is 11.1. The number of aryl methyl sites for hydroxylation is 1. The lowest BCUT2D eigenvalue weighted by Gasteiger charge is -2.13. The average molecular weight is 547 g/mol. The number of hydrogen-bond acceptors (Lipinski definition) is 5. The maximum Gasteiger partial charge on any atom is 0.191 e. The van der Waals surface area contributed by atoms with Gasteiger partial charge in [-0.05, 0) is 25.5 Å². The van der Waals surface area contributed by atoms with Crippen LogP contribution in [-0.4, -0.2) is 37.8 Å². The van der Waals surface area contributed by atoms with Crippen LogP contribution >= 0.6 is 35.3 Å². The molecule has 0 saturated carbocycles. The summed E-state index contributed by atoms with van der Waals surface area (Å²) in [6, 6.07) is 6.25. The molecular formula is C22H35IN4O2S. The predicted molar refractivity (Wildman–Crippen MR) is 136 cm³/mol. The molecule has 0 fully saturated rings. The van der Waals surface area contributed by atoms with Gasteiger partial charge in [0.05, 0.1) is 30.4 Å². The molecule has 2 rings (SSSR count). The Bertz CT molecular complexity index is 780. The average Bonchev–Trinajstić information content (AvgIpc) is 3.18. The largest absolute Gasteiger partial charge is 0.493 e. The lowest BCUT2D eigenvalue weighted by molar-refractivity contribution is 0.172. The number of hydrogen-bond donors (Lipinski definition) is 2. The fourth-order valence-corrected chi connectivity index (χ4v) is 3.50. The van der Waals surface area contributed by atoms with E-state index in [-0.39, 0.29) is 24.0 Å². The molecule has 168 valence electrons. The minimum Gasteiger partial charge on any atom is -0.493 e. The van der Waals surface area contributed by atoms with E-state index in [1.807, 2.05) is 0 Å². The Morgan fingerprint density at radius 1 is 1.23 bits per heavy atom. The minimum absolute atomic E-state index is 0. The Morgan fingerprint density at radius 2 is 2.03 bits per heavy atom. The van der Waals surface area contributed by atoms with Gasteiger partial charge in [-0.25, -0.2) is 9.98 Å². The first kappa shape index (κ1) is 26.6. The van der Waals surface area contributed by atoms with Crippen molar-refractivity contribution in [3.63, 3.8) is 0 Å². The molecule has 0 atom stereocenters. The highest BCUT2D eigenvalue weighted by atomic mass is 127. The molecule has 2 aromatic rings. The van der Waals surface area contributed by atoms with Crippen molar-refractivity contribution < 1.29 is 9.47 Å². The summed E-state index contributed by atoms with van der Waals surface area (Å²) in [6.07, 6.45) is 0.864. The molecule has 0 aliphatic heterocycles. The fourth-order valence-electron chi connectivity index (χ4n) is 2.66. The molecule has 1 aromatic heterocycles. The zero-order valence-corrected chi connectivity index (χ0v) is 21.8. The summed E-state index contributed by atoms with van der Waals surface area (Å²) in [4.78, 5) is 9.42. The van der Waals surface area contributed by atoms with Crippen LogP contribution in [0.4, 0.5) is 0 Å². The van der Waals surface area contributed by atoms with E-state index < -0.39 is 0 Å². The maximum atomic E-state index is 5.97. The Balaban J connectivity index is 0.00000450. The maximum absolute atomic E-state index is 5.97. The van der Waals surface area contributed by atoms with Crippen molar-refractivity contribution in [3.05, 3.63) is 45.4 Å². The molecule has 0 amide bonds. The number of aromatic nitrogens is 1. The highest BCUT2D eigenvalue weighted by molar-refractivity contribution is 14.0. The normalized spacial score (nSPS) is 11.3. The van der Waals surface area contributed by atoms with Crippen molar-refractivity contribution in [1.29, 1.82) is 0 Å². The van der Waals surface area contributed by atoms with E-state index in [9.17, 15) is 0 Å². The van der Waals surface area contributed by atoms with E-state index in [1.165, 1.54) is 10.6 Å². The van der Waals surface area contributed by atoms with E-state index in [4.69, 9.17) is 14.5 Å². The van der Waals surface area contributed by atoms with E-state index in [1.54, 1.807) is 18.4 Å². The number of guanidine groups is 1. The molecular weight excluding hydrogens is 511 g/mol. The van der Waals surface area contributed by atoms with Crippen LogP contribution in [0.15, 0.2) is 28.6 Å². The molecule has 30 heavy (non-hydrogen) atoms. The zero-order valence-electron chi connectivity index (χ0n) is 18.7. The quantitative estimate of drug-likeness (QED) is 0.182. The minimum atomic E-state index is 0. The number of rotatable bonds is 11. The van der Waals surface area contributed by atoms with Crippen molar-refractivity contribution >= 4 is 41.3 Å². The fraction of sp³-hybridized carbons (Fsp3) is 0.545. The van der Waals surface area contributed by atoms with Crippen LogP contribution in [0.2, 0.25) is 0 Å². The molecule has 0 aliphatic rings. The summed E-state index contributed by atoms with van der Waals surface area (Å²) >= 11 is 1.71. The number of methoxy groups -OCH3 is 1. The third kappa shape index (κ3) is 9.18. The van der Waals surface area contributed by atoms with Gasteiger partial charge in [-0.2, -0.15) is 0 Å². The monoisotopic (exact) mass is 546 g/mol. The van der Waals surface area contributed by atoms with Crippen LogP contribution in [-0.2, 0) is 17.8 Å². The molecule has 0 unspecified atom stereocenters. The molecule has 8 heteroatoms. The third-order valence-corrected chi connectivity index (χ3v) is 5.42. The molecule has 0 radical (unpaired) electrons. The number of nitrogens with zero attached hydrogens (tertiary/aromatic N) is 2. The second kappa shape index (κ2) is 14.6. The van der Waals surface area contributed by atoms with Crippen LogP contribution in [0.25, 0.3) is 0 Å². The summed E-state index contributed by atoms with van der Waals surface area (Å²) in [7, 11) is 1.71. The van der Waals surface area contributed by atoms with Crippen molar-refractivity contribution in [1.82, 2.24) is 15.6 Å². The van der Waals surface area contributed by atoms with Gasteiger partial charge in [0.2, 0.25) is 0 Å². The van der Waals surface area contributed by atoms with Crippen LogP contribution in [0, 0.1) is 6.92 Å². The molecule has 6 nitrogen and oxygen atoms in total. The highest BCUT2D eigenvalue weighted by Gasteiger charge is 2.08. The van der Waals surface area contributed by atoms with E-state index in [2.05, 4.69) is 66.9 Å². The van der Waals surface area contributed by atoms with Gasteiger partial charge in [0, 0.05) is 43.5 Å². The summed E-state index contributed by atoms with van der Waals surface area (Å²) in [5.74, 6) is 2.12. The van der Waals surface area contributed by atoms with Crippen molar-refractivity contribution in [3.8, 4) is 5.75 Å². The lowest BCUT2D eigenvalue weighted by Crippen LogP contribution is -2.36. The molecule has 0 bridgehead atoms. The molecule has 0 spiro atoms. The lowest BCUT2D eigenvalue weighted by atomic mass is 10.1. The second-order valence-corrected chi connectivity index (χ2v) is 8.08. The molecule has 2 N–H and O–H groups in total. The number of thiazole rings is 1. The second-order valence-electron chi connectivity index (χ2n) is 7.19. The number of benzene rings is 1. The van der Waals surface area contributed by atoms with Crippen molar-refractivity contribution in [2.45, 2.75) is 53.1 Å². The predicted octanol–water partition coefficient (Wildman–Crippen LogP) is 4.86. The van der Waals surface area contributed by atoms with Gasteiger partial charge < -0.3 is 20.1 Å². The topological polar surface area (TPSA) is 67.8 Å². The van der Waals surface area contributed by atoms with Crippen molar-refractivity contribution in [2.75, 3.05) is 26.9 Å². The van der Waals surface area contributed by atoms with Crippen LogP contribution < -0.4 is 15.4 Å². The Morgan fingerprint density at radius 3 is 2.70 bits per heavy atom. The van der Waals surface area contributed by atoms with Gasteiger partial charge in [-0.3, -0.25) is 0 Å². The first-order valence-electron chi connectivity index (χ1n) is 10.2. The summed E-state index contributed by atoms with van der Waals surface area (Å²) < 4.78 is 11.1. The SMILES string of the molecule is CCNC(=NCc1ccc(C)cc1OCCCOC)NCc1csc(C(C)C)n1.I. The van der Waals surface area contributed by atoms with E-state index >= 15 is 0 Å². The van der Waals surface area contributed by atoms with E-state index in [0.717, 1.165) is 35.9 Å². The number of ether oxygens (including phenoxy) is 2. The van der Waals surface area contributed by atoms with Crippen molar-refractivity contribution in [2.24, 2.45) is 4.99 Å². The third-order valence-electron chi connectivity index (χ3n) is 4.23. The zero-order chi connectivity index (χ0) is 21.1. The molecule has 0 saturated heterocycles. The van der Waals surface area contributed by atoms with Crippen LogP contribution in [0.3, 0.4) is 0 Å². The van der Waals surface area contributed by atoms with Gasteiger partial charge >= 0.3 is 0 Å². The Labute approximate surface area is 201 Å². The first-order chi connectivity index (χ1) is 14.0. The number of nitrogens with one attached hydrogen (secondary N) is 2. The van der Waals surface area contributed by atoms with Gasteiger partial charge in [0.15, 0.2) is 5.96 Å². The Kier molecular flexibility index (Phi) is 13.0. The van der Waals surface area contributed by atoms with Gasteiger partial charge in [0.1, 0.15) is 5.75 Å². The summed E-state index contributed by atoms with van der Waals surface area (Å²) in [5.41, 5.74) is 3.29. The number of aliphatic imine (C=N–C) groups is 1. The summed E-state index contributed by atoms with van der Waals surface area (Å²) in [5, 5.41) is 9.95. The van der Waals surface area contributed by atoms with Gasteiger partial charge in [-0.15, -0.1) is 35.3 Å². The highest BCUT2D eigenvalue weighted by Crippen LogP contribution is 2.22. The molecule has 1 heterocycles.